The first-order valence-electron chi connectivity index (χ1n) is 17.0. The minimum Gasteiger partial charge on any atom is -0.390 e. The van der Waals surface area contributed by atoms with Crippen LogP contribution < -0.4 is 10.6 Å². The Morgan fingerprint density at radius 1 is 1.02 bits per heavy atom. The number of nitrogens with zero attached hydrogens (tertiary/aromatic N) is 2. The second-order valence-electron chi connectivity index (χ2n) is 13.7. The van der Waals surface area contributed by atoms with E-state index >= 15 is 0 Å². The lowest BCUT2D eigenvalue weighted by Crippen LogP contribution is -2.56. The summed E-state index contributed by atoms with van der Waals surface area (Å²) in [4.78, 5) is 47.8. The van der Waals surface area contributed by atoms with Crippen LogP contribution in [0.2, 0.25) is 0 Å². The maximum absolute atomic E-state index is 14.0. The van der Waals surface area contributed by atoms with E-state index in [4.69, 9.17) is 4.74 Å². The third-order valence-corrected chi connectivity index (χ3v) is 10.4. The molecule has 2 aliphatic carbocycles. The molecule has 7 atom stereocenters. The third kappa shape index (κ3) is 8.93. The van der Waals surface area contributed by atoms with Crippen LogP contribution >= 0.6 is 11.3 Å². The normalized spacial score (nSPS) is 24.5. The van der Waals surface area contributed by atoms with Gasteiger partial charge < -0.3 is 30.5 Å². The highest BCUT2D eigenvalue weighted by molar-refractivity contribution is 7.07. The standard InChI is InChI=1S/C35H50N4O6S/c1-22(2)17-28(40)32(41)26(18-23-9-5-3-6-10-23)37-33(42)27(19-25-20-46-21-36-25)38-34(43)30-29(24-11-7-4-8-12-24)31(30)35(44)39-13-15-45-16-14-39/h4,7-8,11-12,20-23,26-32,40-41H,3,5-6,9-10,13-19H2,1-2H3,(H,37,42)(H,38,43)/t26-,27-,28-,29-,30-,31-,32+/m0/s1. The summed E-state index contributed by atoms with van der Waals surface area (Å²) in [6, 6.07) is 7.98. The third-order valence-electron chi connectivity index (χ3n) is 9.80. The average molecular weight is 655 g/mol. The molecule has 1 aromatic carbocycles. The SMILES string of the molecule is CC(C)C[C@H](O)[C@H](O)[C@H](CC1CCCCC1)NC(=O)[C@H](Cc1cscn1)NC(=O)[C@@H]1[C@@H](C(=O)N2CCOCC2)[C@H]1c1ccccc1. The maximum atomic E-state index is 14.0. The number of amides is 3. The van der Waals surface area contributed by atoms with Crippen molar-refractivity contribution in [1.29, 1.82) is 0 Å². The number of morpholine rings is 1. The molecule has 46 heavy (non-hydrogen) atoms. The molecule has 0 radical (unpaired) electrons. The maximum Gasteiger partial charge on any atom is 0.243 e. The van der Waals surface area contributed by atoms with Crippen molar-refractivity contribution in [2.75, 3.05) is 26.3 Å². The number of carbonyl (C=O) groups is 3. The van der Waals surface area contributed by atoms with Crippen molar-refractivity contribution >= 4 is 29.1 Å². The predicted molar refractivity (Wildman–Crippen MR) is 176 cm³/mol. The Bertz CT molecular complexity index is 1270. The summed E-state index contributed by atoms with van der Waals surface area (Å²) in [5.74, 6) is -1.73. The summed E-state index contributed by atoms with van der Waals surface area (Å²) in [7, 11) is 0. The zero-order valence-electron chi connectivity index (χ0n) is 27.1. The molecule has 0 spiro atoms. The average Bonchev–Trinajstić information content (AvgIpc) is 3.61. The van der Waals surface area contributed by atoms with Gasteiger partial charge in [-0.1, -0.05) is 76.3 Å². The van der Waals surface area contributed by atoms with E-state index in [9.17, 15) is 24.6 Å². The minimum absolute atomic E-state index is 0.0624. The molecular weight excluding hydrogens is 604 g/mol. The Labute approximate surface area is 276 Å². The number of benzene rings is 1. The molecule has 2 saturated carbocycles. The minimum atomic E-state index is -1.13. The van der Waals surface area contributed by atoms with Gasteiger partial charge in [-0.15, -0.1) is 11.3 Å². The van der Waals surface area contributed by atoms with Crippen molar-refractivity contribution in [3.8, 4) is 0 Å². The smallest absolute Gasteiger partial charge is 0.243 e. The molecule has 1 aliphatic heterocycles. The molecule has 3 amide bonds. The number of thiazole rings is 1. The van der Waals surface area contributed by atoms with Crippen LogP contribution in [0.15, 0.2) is 41.2 Å². The summed E-state index contributed by atoms with van der Waals surface area (Å²) >= 11 is 1.41. The Morgan fingerprint density at radius 2 is 1.74 bits per heavy atom. The fraction of sp³-hybridized carbons (Fsp3) is 0.657. The van der Waals surface area contributed by atoms with E-state index < -0.39 is 42.0 Å². The summed E-state index contributed by atoms with van der Waals surface area (Å²) < 4.78 is 5.44. The van der Waals surface area contributed by atoms with E-state index in [1.165, 1.54) is 17.8 Å². The van der Waals surface area contributed by atoms with Crippen LogP contribution in [0.4, 0.5) is 0 Å². The van der Waals surface area contributed by atoms with Gasteiger partial charge in [0.25, 0.3) is 0 Å². The summed E-state index contributed by atoms with van der Waals surface area (Å²) in [6.45, 7) is 5.91. The van der Waals surface area contributed by atoms with E-state index in [1.807, 2.05) is 49.6 Å². The molecule has 3 aliphatic rings. The van der Waals surface area contributed by atoms with E-state index in [2.05, 4.69) is 15.6 Å². The largest absolute Gasteiger partial charge is 0.390 e. The topological polar surface area (TPSA) is 141 Å². The van der Waals surface area contributed by atoms with Gasteiger partial charge in [-0.3, -0.25) is 14.4 Å². The Morgan fingerprint density at radius 3 is 2.39 bits per heavy atom. The van der Waals surface area contributed by atoms with Gasteiger partial charge in [0.05, 0.1) is 48.4 Å². The first kappa shape index (κ1) is 34.5. The zero-order valence-corrected chi connectivity index (χ0v) is 27.9. The summed E-state index contributed by atoms with van der Waals surface area (Å²) in [5, 5.41) is 30.1. The highest BCUT2D eigenvalue weighted by Gasteiger charge is 2.60. The van der Waals surface area contributed by atoms with Gasteiger partial charge in [-0.05, 0) is 30.2 Å². The van der Waals surface area contributed by atoms with Gasteiger partial charge in [-0.2, -0.15) is 0 Å². The lowest BCUT2D eigenvalue weighted by atomic mass is 9.82. The van der Waals surface area contributed by atoms with Crippen molar-refractivity contribution in [3.63, 3.8) is 0 Å². The van der Waals surface area contributed by atoms with Gasteiger partial charge in [0, 0.05) is 30.8 Å². The highest BCUT2D eigenvalue weighted by Crippen LogP contribution is 2.55. The molecule has 2 aromatic rings. The molecule has 0 bridgehead atoms. The van der Waals surface area contributed by atoms with Crippen molar-refractivity contribution in [2.24, 2.45) is 23.7 Å². The molecule has 2 heterocycles. The molecule has 1 saturated heterocycles. The van der Waals surface area contributed by atoms with E-state index in [0.717, 1.165) is 31.2 Å². The lowest BCUT2D eigenvalue weighted by molar-refractivity contribution is -0.138. The fourth-order valence-electron chi connectivity index (χ4n) is 7.29. The number of nitrogens with one attached hydrogen (secondary N) is 2. The number of aliphatic hydroxyl groups excluding tert-OH is 2. The van der Waals surface area contributed by atoms with Gasteiger partial charge in [0.2, 0.25) is 17.7 Å². The van der Waals surface area contributed by atoms with Crippen molar-refractivity contribution in [2.45, 2.75) is 95.4 Å². The Kier molecular flexibility index (Phi) is 12.2. The van der Waals surface area contributed by atoms with Crippen LogP contribution in [-0.4, -0.2) is 88.4 Å². The van der Waals surface area contributed by atoms with E-state index in [-0.39, 0.29) is 30.1 Å². The second kappa shape index (κ2) is 16.3. The molecule has 4 N–H and O–H groups in total. The van der Waals surface area contributed by atoms with Gasteiger partial charge in [-0.25, -0.2) is 4.98 Å². The van der Waals surface area contributed by atoms with Crippen LogP contribution in [-0.2, 0) is 25.5 Å². The van der Waals surface area contributed by atoms with E-state index in [0.29, 0.717) is 50.8 Å². The number of hydrogen-bond acceptors (Lipinski definition) is 8. The molecule has 1 aromatic heterocycles. The van der Waals surface area contributed by atoms with Crippen molar-refractivity contribution in [1.82, 2.24) is 20.5 Å². The summed E-state index contributed by atoms with van der Waals surface area (Å²) in [5.41, 5.74) is 3.28. The Balaban J connectivity index is 1.34. The quantitative estimate of drug-likeness (QED) is 0.245. The van der Waals surface area contributed by atoms with Gasteiger partial charge >= 0.3 is 0 Å². The molecule has 5 rings (SSSR count). The molecular formula is C35H50N4O6S. The number of ether oxygens (including phenoxy) is 1. The number of hydrogen-bond donors (Lipinski definition) is 4. The predicted octanol–water partition coefficient (Wildman–Crippen LogP) is 3.28. The Hall–Kier alpha value is -2.86. The number of rotatable bonds is 14. The first-order valence-corrected chi connectivity index (χ1v) is 17.9. The molecule has 10 nitrogen and oxygen atoms in total. The monoisotopic (exact) mass is 654 g/mol. The van der Waals surface area contributed by atoms with Gasteiger partial charge in [0.1, 0.15) is 12.1 Å². The van der Waals surface area contributed by atoms with Crippen LogP contribution in [0.1, 0.15) is 76.0 Å². The number of carbonyl (C=O) groups excluding carboxylic acids is 3. The van der Waals surface area contributed by atoms with E-state index in [1.54, 1.807) is 10.4 Å². The zero-order chi connectivity index (χ0) is 32.6. The van der Waals surface area contributed by atoms with Gasteiger partial charge in [0.15, 0.2) is 0 Å². The number of aromatic nitrogens is 1. The highest BCUT2D eigenvalue weighted by atomic mass is 32.1. The van der Waals surface area contributed by atoms with Crippen LogP contribution in [0.5, 0.6) is 0 Å². The molecule has 0 unspecified atom stereocenters. The van der Waals surface area contributed by atoms with Crippen molar-refractivity contribution in [3.05, 3.63) is 52.5 Å². The van der Waals surface area contributed by atoms with Crippen LogP contribution in [0.3, 0.4) is 0 Å². The van der Waals surface area contributed by atoms with Crippen molar-refractivity contribution < 1.29 is 29.3 Å². The second-order valence-corrected chi connectivity index (χ2v) is 14.4. The molecule has 11 heteroatoms. The van der Waals surface area contributed by atoms with Crippen LogP contribution in [0.25, 0.3) is 0 Å². The molecule has 3 fully saturated rings. The fourth-order valence-corrected chi connectivity index (χ4v) is 7.86. The summed E-state index contributed by atoms with van der Waals surface area (Å²) in [6.07, 6.45) is 4.52. The van der Waals surface area contributed by atoms with Crippen LogP contribution in [0, 0.1) is 23.7 Å². The lowest BCUT2D eigenvalue weighted by Gasteiger charge is -2.33. The first-order chi connectivity index (χ1) is 22.2. The molecule has 252 valence electrons. The number of aliphatic hydroxyl groups is 2.